The third-order valence-corrected chi connectivity index (χ3v) is 2.58. The molecule has 0 radical (unpaired) electrons. The van der Waals surface area contributed by atoms with Gasteiger partial charge in [-0.25, -0.2) is 4.79 Å². The molecule has 0 saturated carbocycles. The van der Waals surface area contributed by atoms with Crippen LogP contribution in [-0.4, -0.2) is 30.9 Å². The quantitative estimate of drug-likeness (QED) is 0.663. The lowest BCUT2D eigenvalue weighted by Crippen LogP contribution is -2.30. The molecule has 0 spiro atoms. The summed E-state index contributed by atoms with van der Waals surface area (Å²) in [6, 6.07) is 6.90. The Morgan fingerprint density at radius 1 is 1.47 bits per heavy atom. The van der Waals surface area contributed by atoms with E-state index in [1.165, 1.54) is 0 Å². The Bertz CT molecular complexity index is 394. The molecule has 1 rings (SSSR count). The summed E-state index contributed by atoms with van der Waals surface area (Å²) in [5.41, 5.74) is 1.44. The average molecular weight is 266 g/mol. The number of nitrogens with one attached hydrogen (secondary N) is 2. The predicted molar refractivity (Wildman–Crippen MR) is 75.2 cm³/mol. The standard InChI is InChI=1S/C14H22N2O3/c1-3-19-9-5-8-15-14(18)16-13-7-4-6-12(10-13)11(2)17/h4,6-7,10-11,17H,3,5,8-9H2,1-2H3,(H2,15,16,18). The summed E-state index contributed by atoms with van der Waals surface area (Å²) in [4.78, 5) is 11.6. The van der Waals surface area contributed by atoms with Crippen molar-refractivity contribution in [2.45, 2.75) is 26.4 Å². The number of hydrogen-bond acceptors (Lipinski definition) is 3. The van der Waals surface area contributed by atoms with E-state index < -0.39 is 6.10 Å². The highest BCUT2D eigenvalue weighted by molar-refractivity contribution is 5.89. The highest BCUT2D eigenvalue weighted by Gasteiger charge is 2.04. The van der Waals surface area contributed by atoms with Crippen LogP contribution in [0.5, 0.6) is 0 Å². The molecule has 106 valence electrons. The molecule has 5 nitrogen and oxygen atoms in total. The van der Waals surface area contributed by atoms with Crippen molar-refractivity contribution in [2.24, 2.45) is 0 Å². The molecule has 19 heavy (non-hydrogen) atoms. The molecule has 0 fully saturated rings. The number of ether oxygens (including phenoxy) is 1. The monoisotopic (exact) mass is 266 g/mol. The Balaban J connectivity index is 2.33. The summed E-state index contributed by atoms with van der Waals surface area (Å²) >= 11 is 0. The highest BCUT2D eigenvalue weighted by atomic mass is 16.5. The topological polar surface area (TPSA) is 70.6 Å². The van der Waals surface area contributed by atoms with E-state index in [4.69, 9.17) is 4.74 Å². The van der Waals surface area contributed by atoms with Gasteiger partial charge in [0, 0.05) is 25.4 Å². The minimum atomic E-state index is -0.545. The second-order valence-electron chi connectivity index (χ2n) is 4.23. The Kier molecular flexibility index (Phi) is 6.92. The SMILES string of the molecule is CCOCCCNC(=O)Nc1cccc(C(C)O)c1. The van der Waals surface area contributed by atoms with Crippen LogP contribution in [0.2, 0.25) is 0 Å². The molecule has 0 aliphatic heterocycles. The van der Waals surface area contributed by atoms with Gasteiger partial charge in [0.05, 0.1) is 6.10 Å². The zero-order valence-corrected chi connectivity index (χ0v) is 11.5. The van der Waals surface area contributed by atoms with Gasteiger partial charge >= 0.3 is 6.03 Å². The number of aliphatic hydroxyl groups is 1. The van der Waals surface area contributed by atoms with Crippen molar-refractivity contribution < 1.29 is 14.6 Å². The van der Waals surface area contributed by atoms with E-state index in [1.807, 2.05) is 13.0 Å². The first-order valence-corrected chi connectivity index (χ1v) is 6.54. The number of urea groups is 1. The van der Waals surface area contributed by atoms with Crippen molar-refractivity contribution >= 4 is 11.7 Å². The number of carbonyl (C=O) groups is 1. The molecule has 1 atom stereocenters. The second kappa shape index (κ2) is 8.50. The maximum atomic E-state index is 11.6. The number of rotatable bonds is 7. The first-order valence-electron chi connectivity index (χ1n) is 6.54. The number of benzene rings is 1. The van der Waals surface area contributed by atoms with E-state index in [0.29, 0.717) is 25.4 Å². The number of carbonyl (C=O) groups excluding carboxylic acids is 1. The van der Waals surface area contributed by atoms with E-state index in [2.05, 4.69) is 10.6 Å². The van der Waals surface area contributed by atoms with Gasteiger partial charge < -0.3 is 20.5 Å². The van der Waals surface area contributed by atoms with E-state index in [-0.39, 0.29) is 6.03 Å². The molecule has 0 aliphatic carbocycles. The second-order valence-corrected chi connectivity index (χ2v) is 4.23. The van der Waals surface area contributed by atoms with Crippen molar-refractivity contribution in [3.05, 3.63) is 29.8 Å². The van der Waals surface area contributed by atoms with Crippen molar-refractivity contribution in [1.29, 1.82) is 0 Å². The van der Waals surface area contributed by atoms with Crippen LogP contribution in [0.4, 0.5) is 10.5 Å². The molecule has 1 aromatic carbocycles. The van der Waals surface area contributed by atoms with Crippen LogP contribution >= 0.6 is 0 Å². The van der Waals surface area contributed by atoms with E-state index in [1.54, 1.807) is 25.1 Å². The fourth-order valence-corrected chi connectivity index (χ4v) is 1.57. The largest absolute Gasteiger partial charge is 0.389 e. The summed E-state index contributed by atoms with van der Waals surface area (Å²) in [5, 5.41) is 14.9. The van der Waals surface area contributed by atoms with E-state index >= 15 is 0 Å². The molecule has 5 heteroatoms. The van der Waals surface area contributed by atoms with Crippen molar-refractivity contribution in [2.75, 3.05) is 25.1 Å². The van der Waals surface area contributed by atoms with Gasteiger partial charge in [-0.15, -0.1) is 0 Å². The predicted octanol–water partition coefficient (Wildman–Crippen LogP) is 2.29. The molecule has 0 aromatic heterocycles. The van der Waals surface area contributed by atoms with Gasteiger partial charge in [-0.3, -0.25) is 0 Å². The lowest BCUT2D eigenvalue weighted by molar-refractivity contribution is 0.145. The summed E-state index contributed by atoms with van der Waals surface area (Å²) in [6.45, 7) is 5.54. The molecule has 1 unspecified atom stereocenters. The lowest BCUT2D eigenvalue weighted by Gasteiger charge is -2.10. The van der Waals surface area contributed by atoms with Crippen LogP contribution in [0, 0.1) is 0 Å². The Morgan fingerprint density at radius 2 is 2.26 bits per heavy atom. The third-order valence-electron chi connectivity index (χ3n) is 2.58. The van der Waals surface area contributed by atoms with Crippen LogP contribution in [0.1, 0.15) is 31.9 Å². The minimum absolute atomic E-state index is 0.251. The van der Waals surface area contributed by atoms with Gasteiger partial charge in [0.2, 0.25) is 0 Å². The number of hydrogen-bond donors (Lipinski definition) is 3. The number of aliphatic hydroxyl groups excluding tert-OH is 1. The lowest BCUT2D eigenvalue weighted by atomic mass is 10.1. The molecule has 0 saturated heterocycles. The summed E-state index contributed by atoms with van der Waals surface area (Å²) < 4.78 is 5.18. The maximum Gasteiger partial charge on any atom is 0.319 e. The molecule has 3 N–H and O–H groups in total. The van der Waals surface area contributed by atoms with Gasteiger partial charge in [0.1, 0.15) is 0 Å². The van der Waals surface area contributed by atoms with Crippen LogP contribution in [0.15, 0.2) is 24.3 Å². The smallest absolute Gasteiger partial charge is 0.319 e. The molecule has 0 bridgehead atoms. The van der Waals surface area contributed by atoms with Gasteiger partial charge in [-0.2, -0.15) is 0 Å². The fraction of sp³-hybridized carbons (Fsp3) is 0.500. The Labute approximate surface area is 114 Å². The number of anilines is 1. The summed E-state index contributed by atoms with van der Waals surface area (Å²) in [7, 11) is 0. The maximum absolute atomic E-state index is 11.6. The van der Waals surface area contributed by atoms with Crippen LogP contribution in [0.3, 0.4) is 0 Å². The molecule has 0 aliphatic rings. The van der Waals surface area contributed by atoms with Crippen molar-refractivity contribution in [3.63, 3.8) is 0 Å². The molecular weight excluding hydrogens is 244 g/mol. The zero-order chi connectivity index (χ0) is 14.1. The van der Waals surface area contributed by atoms with E-state index in [0.717, 1.165) is 12.0 Å². The molecule has 2 amide bonds. The molecule has 1 aromatic rings. The first kappa shape index (κ1) is 15.5. The average Bonchev–Trinajstić information content (AvgIpc) is 2.38. The summed E-state index contributed by atoms with van der Waals surface area (Å²) in [6.07, 6.45) is 0.241. The Morgan fingerprint density at radius 3 is 2.95 bits per heavy atom. The van der Waals surface area contributed by atoms with Crippen molar-refractivity contribution in [3.8, 4) is 0 Å². The summed E-state index contributed by atoms with van der Waals surface area (Å²) in [5.74, 6) is 0. The van der Waals surface area contributed by atoms with Gasteiger partial charge in [-0.1, -0.05) is 12.1 Å². The van der Waals surface area contributed by atoms with Gasteiger partial charge in [0.25, 0.3) is 0 Å². The normalized spacial score (nSPS) is 11.9. The zero-order valence-electron chi connectivity index (χ0n) is 11.5. The number of amides is 2. The molecule has 0 heterocycles. The van der Waals surface area contributed by atoms with E-state index in [9.17, 15) is 9.90 Å². The Hall–Kier alpha value is -1.59. The fourth-order valence-electron chi connectivity index (χ4n) is 1.57. The minimum Gasteiger partial charge on any atom is -0.389 e. The van der Waals surface area contributed by atoms with Crippen LogP contribution in [0.25, 0.3) is 0 Å². The third kappa shape index (κ3) is 6.22. The van der Waals surface area contributed by atoms with Crippen LogP contribution < -0.4 is 10.6 Å². The van der Waals surface area contributed by atoms with Gasteiger partial charge in [0.15, 0.2) is 0 Å². The highest BCUT2D eigenvalue weighted by Crippen LogP contribution is 2.16. The van der Waals surface area contributed by atoms with Crippen LogP contribution in [-0.2, 0) is 4.74 Å². The van der Waals surface area contributed by atoms with Gasteiger partial charge in [-0.05, 0) is 38.0 Å². The molecular formula is C14H22N2O3. The van der Waals surface area contributed by atoms with Crippen molar-refractivity contribution in [1.82, 2.24) is 5.32 Å². The first-order chi connectivity index (χ1) is 9.13.